The molecule has 1 aromatic carbocycles. The summed E-state index contributed by atoms with van der Waals surface area (Å²) in [5.41, 5.74) is 1.16. The van der Waals surface area contributed by atoms with Gasteiger partial charge in [-0.15, -0.1) is 0 Å². The predicted molar refractivity (Wildman–Crippen MR) is 83.7 cm³/mol. The lowest BCUT2D eigenvalue weighted by Gasteiger charge is -2.32. The average molecular weight is 290 g/mol. The lowest BCUT2D eigenvalue weighted by Crippen LogP contribution is -2.46. The minimum atomic E-state index is -0.00448. The van der Waals surface area contributed by atoms with Crippen LogP contribution in [0.1, 0.15) is 32.3 Å². The number of hydrogen-bond donors (Lipinski definition) is 2. The fraction of sp³-hybridized carbons (Fsp3) is 0.588. The fourth-order valence-electron chi connectivity index (χ4n) is 2.54. The minimum Gasteiger partial charge on any atom is -0.395 e. The second-order valence-corrected chi connectivity index (χ2v) is 6.23. The van der Waals surface area contributed by atoms with Gasteiger partial charge in [0, 0.05) is 18.6 Å². The zero-order chi connectivity index (χ0) is 15.2. The zero-order valence-electron chi connectivity index (χ0n) is 13.0. The van der Waals surface area contributed by atoms with Crippen molar-refractivity contribution in [1.29, 1.82) is 0 Å². The quantitative estimate of drug-likeness (QED) is 0.767. The van der Waals surface area contributed by atoms with Crippen LogP contribution >= 0.6 is 0 Å². The van der Waals surface area contributed by atoms with Gasteiger partial charge >= 0.3 is 0 Å². The Balaban J connectivity index is 2.02. The van der Waals surface area contributed by atoms with Gasteiger partial charge in [0.15, 0.2) is 0 Å². The predicted octanol–water partition coefficient (Wildman–Crippen LogP) is 1.78. The molecule has 2 rings (SSSR count). The molecule has 116 valence electrons. The van der Waals surface area contributed by atoms with Crippen LogP contribution in [0.2, 0.25) is 0 Å². The van der Waals surface area contributed by atoms with E-state index in [0.29, 0.717) is 25.0 Å². The largest absolute Gasteiger partial charge is 0.395 e. The van der Waals surface area contributed by atoms with Crippen LogP contribution < -0.4 is 5.32 Å². The third-order valence-electron chi connectivity index (χ3n) is 3.94. The monoisotopic (exact) mass is 290 g/mol. The van der Waals surface area contributed by atoms with E-state index in [2.05, 4.69) is 36.2 Å². The second kappa shape index (κ2) is 7.57. The molecule has 1 aliphatic carbocycles. The van der Waals surface area contributed by atoms with Gasteiger partial charge in [0.2, 0.25) is 5.91 Å². The third-order valence-corrected chi connectivity index (χ3v) is 3.94. The second-order valence-electron chi connectivity index (χ2n) is 6.23. The summed E-state index contributed by atoms with van der Waals surface area (Å²) < 4.78 is 0. The fourth-order valence-corrected chi connectivity index (χ4v) is 2.54. The first-order valence-corrected chi connectivity index (χ1v) is 7.78. The lowest BCUT2D eigenvalue weighted by molar-refractivity contribution is -0.123. The van der Waals surface area contributed by atoms with Crippen molar-refractivity contribution in [1.82, 2.24) is 10.2 Å². The number of benzene rings is 1. The van der Waals surface area contributed by atoms with Crippen molar-refractivity contribution >= 4 is 5.91 Å². The molecule has 1 amide bonds. The van der Waals surface area contributed by atoms with Crippen LogP contribution in [0.3, 0.4) is 0 Å². The molecule has 2 N–H and O–H groups in total. The number of nitrogens with zero attached hydrogens (tertiary/aromatic N) is 1. The molecule has 21 heavy (non-hydrogen) atoms. The summed E-state index contributed by atoms with van der Waals surface area (Å²) in [4.78, 5) is 14.2. The topological polar surface area (TPSA) is 52.6 Å². The summed E-state index contributed by atoms with van der Waals surface area (Å²) in [5, 5.41) is 12.7. The van der Waals surface area contributed by atoms with Crippen molar-refractivity contribution in [3.05, 3.63) is 35.9 Å². The van der Waals surface area contributed by atoms with Crippen molar-refractivity contribution in [2.75, 3.05) is 13.2 Å². The first kappa shape index (κ1) is 16.0. The van der Waals surface area contributed by atoms with Gasteiger partial charge < -0.3 is 10.4 Å². The first-order chi connectivity index (χ1) is 10.1. The van der Waals surface area contributed by atoms with E-state index in [1.54, 1.807) is 0 Å². The number of hydrogen-bond acceptors (Lipinski definition) is 3. The number of rotatable bonds is 8. The summed E-state index contributed by atoms with van der Waals surface area (Å²) in [6, 6.07) is 10.5. The zero-order valence-corrected chi connectivity index (χ0v) is 13.0. The van der Waals surface area contributed by atoms with Gasteiger partial charge in [0.05, 0.1) is 13.2 Å². The highest BCUT2D eigenvalue weighted by Gasteiger charge is 2.27. The summed E-state index contributed by atoms with van der Waals surface area (Å²) in [5.74, 6) is 0.361. The summed E-state index contributed by atoms with van der Waals surface area (Å²) in [6.07, 6.45) is 2.19. The maximum atomic E-state index is 12.1. The molecule has 0 saturated heterocycles. The number of nitrogens with one attached hydrogen (secondary N) is 1. The van der Waals surface area contributed by atoms with Crippen molar-refractivity contribution in [2.45, 2.75) is 45.3 Å². The Bertz CT molecular complexity index is 443. The molecule has 1 fully saturated rings. The molecule has 1 unspecified atom stereocenters. The molecule has 0 aliphatic heterocycles. The molecule has 0 aromatic heterocycles. The Morgan fingerprint density at radius 3 is 2.52 bits per heavy atom. The lowest BCUT2D eigenvalue weighted by atomic mass is 10.0. The van der Waals surface area contributed by atoms with Gasteiger partial charge in [-0.1, -0.05) is 44.2 Å². The van der Waals surface area contributed by atoms with Gasteiger partial charge in [-0.05, 0) is 24.3 Å². The van der Waals surface area contributed by atoms with Crippen LogP contribution in [-0.2, 0) is 11.3 Å². The van der Waals surface area contributed by atoms with Crippen LogP contribution in [0.4, 0.5) is 0 Å². The normalized spacial score (nSPS) is 16.2. The molecule has 1 atom stereocenters. The SMILES string of the molecule is CC(C)C(CO)N(CC(=O)NC1CC1)Cc1ccccc1. The van der Waals surface area contributed by atoms with Crippen LogP contribution in [0.5, 0.6) is 0 Å². The van der Waals surface area contributed by atoms with E-state index in [-0.39, 0.29) is 18.6 Å². The highest BCUT2D eigenvalue weighted by molar-refractivity contribution is 5.78. The van der Waals surface area contributed by atoms with Crippen molar-refractivity contribution in [3.63, 3.8) is 0 Å². The number of aliphatic hydroxyl groups excluding tert-OH is 1. The molecule has 0 bridgehead atoms. The van der Waals surface area contributed by atoms with Crippen molar-refractivity contribution in [2.24, 2.45) is 5.92 Å². The van der Waals surface area contributed by atoms with Crippen molar-refractivity contribution < 1.29 is 9.90 Å². The van der Waals surface area contributed by atoms with Crippen LogP contribution in [0.15, 0.2) is 30.3 Å². The van der Waals surface area contributed by atoms with Gasteiger partial charge in [-0.2, -0.15) is 0 Å². The Morgan fingerprint density at radius 2 is 2.00 bits per heavy atom. The molecule has 0 heterocycles. The molecule has 1 aromatic rings. The maximum absolute atomic E-state index is 12.1. The summed E-state index contributed by atoms with van der Waals surface area (Å²) in [6.45, 7) is 5.26. The summed E-state index contributed by atoms with van der Waals surface area (Å²) >= 11 is 0. The smallest absolute Gasteiger partial charge is 0.234 e. The van der Waals surface area contributed by atoms with Crippen LogP contribution in [-0.4, -0.2) is 41.1 Å². The third kappa shape index (κ3) is 5.14. The molecule has 1 aliphatic rings. The standard InChI is InChI=1S/C17H26N2O2/c1-13(2)16(12-20)19(10-14-6-4-3-5-7-14)11-17(21)18-15-8-9-15/h3-7,13,15-16,20H,8-12H2,1-2H3,(H,18,21). The molecule has 4 nitrogen and oxygen atoms in total. The Morgan fingerprint density at radius 1 is 1.33 bits per heavy atom. The molecule has 0 spiro atoms. The van der Waals surface area contributed by atoms with Gasteiger partial charge in [0.1, 0.15) is 0 Å². The number of carbonyl (C=O) groups is 1. The Hall–Kier alpha value is -1.39. The highest BCUT2D eigenvalue weighted by Crippen LogP contribution is 2.19. The van der Waals surface area contributed by atoms with E-state index in [9.17, 15) is 9.90 Å². The van der Waals surface area contributed by atoms with E-state index in [4.69, 9.17) is 0 Å². The molecule has 1 saturated carbocycles. The molecular formula is C17H26N2O2. The number of amides is 1. The number of aliphatic hydroxyl groups is 1. The van der Waals surface area contributed by atoms with E-state index >= 15 is 0 Å². The van der Waals surface area contributed by atoms with Gasteiger partial charge in [0.25, 0.3) is 0 Å². The van der Waals surface area contributed by atoms with Gasteiger partial charge in [-0.3, -0.25) is 9.69 Å². The summed E-state index contributed by atoms with van der Waals surface area (Å²) in [7, 11) is 0. The average Bonchev–Trinajstić information content (AvgIpc) is 3.24. The Kier molecular flexibility index (Phi) is 5.76. The van der Waals surface area contributed by atoms with Crippen LogP contribution in [0, 0.1) is 5.92 Å². The minimum absolute atomic E-state index is 0.00448. The van der Waals surface area contributed by atoms with Crippen molar-refractivity contribution in [3.8, 4) is 0 Å². The Labute approximate surface area is 127 Å². The maximum Gasteiger partial charge on any atom is 0.234 e. The first-order valence-electron chi connectivity index (χ1n) is 7.78. The molecular weight excluding hydrogens is 264 g/mol. The van der Waals surface area contributed by atoms with Gasteiger partial charge in [-0.25, -0.2) is 0 Å². The molecule has 0 radical (unpaired) electrons. The van der Waals surface area contributed by atoms with Crippen LogP contribution in [0.25, 0.3) is 0 Å². The highest BCUT2D eigenvalue weighted by atomic mass is 16.3. The molecule has 4 heteroatoms. The number of carbonyl (C=O) groups excluding carboxylic acids is 1. The van der Waals surface area contributed by atoms with E-state index in [1.807, 2.05) is 18.2 Å². The van der Waals surface area contributed by atoms with E-state index in [1.165, 1.54) is 0 Å². The van der Waals surface area contributed by atoms with E-state index in [0.717, 1.165) is 18.4 Å². The van der Waals surface area contributed by atoms with E-state index < -0.39 is 0 Å².